The van der Waals surface area contributed by atoms with Crippen molar-refractivity contribution in [2.75, 3.05) is 24.2 Å². The lowest BCUT2D eigenvalue weighted by atomic mass is 10.1. The molecule has 1 aromatic heterocycles. The molecule has 0 radical (unpaired) electrons. The number of anilines is 2. The monoisotopic (exact) mass is 311 g/mol. The van der Waals surface area contributed by atoms with Gasteiger partial charge in [0.25, 0.3) is 0 Å². The fourth-order valence-corrected chi connectivity index (χ4v) is 2.13. The van der Waals surface area contributed by atoms with Crippen LogP contribution in [0.1, 0.15) is 18.1 Å². The maximum absolute atomic E-state index is 9.19. The smallest absolute Gasteiger partial charge is 0.144 e. The van der Waals surface area contributed by atoms with Crippen LogP contribution in [0.3, 0.4) is 0 Å². The Morgan fingerprint density at radius 3 is 2.61 bits per heavy atom. The van der Waals surface area contributed by atoms with Gasteiger partial charge in [0.2, 0.25) is 0 Å². The molecule has 0 atom stereocenters. The van der Waals surface area contributed by atoms with Gasteiger partial charge >= 0.3 is 0 Å². The fraction of sp³-hybridized carbons (Fsp3) is 0.235. The van der Waals surface area contributed by atoms with Gasteiger partial charge in [-0.3, -0.25) is 14.9 Å². The topological polar surface area (TPSA) is 87.1 Å². The Labute approximate surface area is 136 Å². The number of nitrogens with zero attached hydrogens (tertiary/aromatic N) is 4. The van der Waals surface area contributed by atoms with Gasteiger partial charge in [-0.2, -0.15) is 0 Å². The van der Waals surface area contributed by atoms with E-state index in [1.54, 1.807) is 19.6 Å². The Kier molecular flexibility index (Phi) is 5.82. The van der Waals surface area contributed by atoms with E-state index in [1.165, 1.54) is 0 Å². The number of nitrogen functional groups attached to an aromatic ring is 1. The number of aliphatic imine (C=N–C) groups is 2. The summed E-state index contributed by atoms with van der Waals surface area (Å²) in [5.74, 6) is 1.07. The largest absolute Gasteiger partial charge is 0.392 e. The zero-order valence-electron chi connectivity index (χ0n) is 13.3. The molecule has 0 unspecified atom stereocenters. The van der Waals surface area contributed by atoms with Gasteiger partial charge in [-0.15, -0.1) is 0 Å². The molecule has 6 heteroatoms. The molecule has 0 bridgehead atoms. The molecule has 0 spiro atoms. The molecule has 0 fully saturated rings. The van der Waals surface area contributed by atoms with E-state index in [4.69, 9.17) is 5.73 Å². The van der Waals surface area contributed by atoms with Crippen molar-refractivity contribution in [2.45, 2.75) is 13.5 Å². The molecule has 1 heterocycles. The maximum atomic E-state index is 9.19. The number of nitrogens with two attached hydrogens (primary N) is 1. The van der Waals surface area contributed by atoms with E-state index in [9.17, 15) is 5.11 Å². The lowest BCUT2D eigenvalue weighted by molar-refractivity contribution is 0.282. The lowest BCUT2D eigenvalue weighted by Crippen LogP contribution is -2.31. The summed E-state index contributed by atoms with van der Waals surface area (Å²) in [6.45, 7) is 2.63. The first-order chi connectivity index (χ1) is 11.2. The summed E-state index contributed by atoms with van der Waals surface area (Å²) in [6, 6.07) is 11.2. The highest BCUT2D eigenvalue weighted by atomic mass is 16.3. The van der Waals surface area contributed by atoms with Crippen molar-refractivity contribution in [3.05, 3.63) is 53.7 Å². The molecule has 0 saturated carbocycles. The summed E-state index contributed by atoms with van der Waals surface area (Å²) < 4.78 is 0. The number of rotatable bonds is 5. The fourth-order valence-electron chi connectivity index (χ4n) is 2.13. The SMILES string of the molecule is CCN=CN(C(=NC)c1cccnc1N)c1ccc(CO)cc1. The molecule has 2 rings (SSSR count). The number of aliphatic hydroxyl groups is 1. The quantitative estimate of drug-likeness (QED) is 0.654. The van der Waals surface area contributed by atoms with Crippen molar-refractivity contribution < 1.29 is 5.11 Å². The van der Waals surface area contributed by atoms with Crippen LogP contribution in [0.5, 0.6) is 0 Å². The molecule has 0 saturated heterocycles. The summed E-state index contributed by atoms with van der Waals surface area (Å²) in [5, 5.41) is 9.19. The Morgan fingerprint density at radius 2 is 2.04 bits per heavy atom. The van der Waals surface area contributed by atoms with Crippen molar-refractivity contribution in [2.24, 2.45) is 9.98 Å². The van der Waals surface area contributed by atoms with Gasteiger partial charge in [-0.1, -0.05) is 12.1 Å². The minimum atomic E-state index is 0.00755. The van der Waals surface area contributed by atoms with Crippen LogP contribution < -0.4 is 10.6 Å². The first-order valence-corrected chi connectivity index (χ1v) is 7.37. The van der Waals surface area contributed by atoms with Crippen molar-refractivity contribution in [1.82, 2.24) is 4.98 Å². The van der Waals surface area contributed by atoms with E-state index in [0.717, 1.165) is 16.8 Å². The molecule has 0 aliphatic heterocycles. The highest BCUT2D eigenvalue weighted by Gasteiger charge is 2.16. The molecule has 0 aliphatic rings. The van der Waals surface area contributed by atoms with Crippen molar-refractivity contribution in [3.8, 4) is 0 Å². The minimum Gasteiger partial charge on any atom is -0.392 e. The number of hydrogen-bond acceptors (Lipinski definition) is 5. The number of hydrogen-bond donors (Lipinski definition) is 2. The third-order valence-electron chi connectivity index (χ3n) is 3.30. The molecule has 0 aliphatic carbocycles. The van der Waals surface area contributed by atoms with Crippen molar-refractivity contribution in [1.29, 1.82) is 0 Å². The van der Waals surface area contributed by atoms with Gasteiger partial charge in [-0.05, 0) is 36.8 Å². The second-order valence-electron chi connectivity index (χ2n) is 4.79. The third kappa shape index (κ3) is 3.92. The predicted molar refractivity (Wildman–Crippen MR) is 95.0 cm³/mol. The molecule has 0 amide bonds. The van der Waals surface area contributed by atoms with Crippen LogP contribution in [0.25, 0.3) is 0 Å². The van der Waals surface area contributed by atoms with Gasteiger partial charge in [0.15, 0.2) is 0 Å². The van der Waals surface area contributed by atoms with Crippen LogP contribution in [0.15, 0.2) is 52.6 Å². The minimum absolute atomic E-state index is 0.00755. The Balaban J connectivity index is 2.48. The number of aliphatic hydroxyl groups excluding tert-OH is 1. The van der Waals surface area contributed by atoms with E-state index in [0.29, 0.717) is 18.2 Å². The average molecular weight is 311 g/mol. The lowest BCUT2D eigenvalue weighted by Gasteiger charge is -2.22. The zero-order valence-corrected chi connectivity index (χ0v) is 13.3. The predicted octanol–water partition coefficient (Wildman–Crippen LogP) is 2.09. The molecule has 6 nitrogen and oxygen atoms in total. The van der Waals surface area contributed by atoms with Gasteiger partial charge < -0.3 is 10.8 Å². The van der Waals surface area contributed by atoms with E-state index in [2.05, 4.69) is 15.0 Å². The van der Waals surface area contributed by atoms with E-state index in [-0.39, 0.29) is 6.61 Å². The Bertz CT molecular complexity index is 694. The molecule has 23 heavy (non-hydrogen) atoms. The molecule has 2 aromatic rings. The van der Waals surface area contributed by atoms with Crippen LogP contribution in [0, 0.1) is 0 Å². The van der Waals surface area contributed by atoms with Crippen LogP contribution >= 0.6 is 0 Å². The number of pyridine rings is 1. The standard InChI is InChI=1S/C17H21N5O/c1-3-20-12-22(14-8-6-13(11-23)7-9-14)17(19-2)15-5-4-10-21-16(15)18/h4-10,12,23H,3,11H2,1-2H3,(H2,18,21). The van der Waals surface area contributed by atoms with E-state index >= 15 is 0 Å². The van der Waals surface area contributed by atoms with E-state index < -0.39 is 0 Å². The van der Waals surface area contributed by atoms with Crippen molar-refractivity contribution >= 4 is 23.7 Å². The van der Waals surface area contributed by atoms with Crippen LogP contribution in [0.4, 0.5) is 11.5 Å². The average Bonchev–Trinajstić information content (AvgIpc) is 2.60. The number of aromatic nitrogens is 1. The maximum Gasteiger partial charge on any atom is 0.144 e. The second-order valence-corrected chi connectivity index (χ2v) is 4.79. The normalized spacial score (nSPS) is 11.9. The highest BCUT2D eigenvalue weighted by molar-refractivity contribution is 6.20. The van der Waals surface area contributed by atoms with Crippen LogP contribution in [0.2, 0.25) is 0 Å². The third-order valence-corrected chi connectivity index (χ3v) is 3.30. The number of amidine groups is 1. The summed E-state index contributed by atoms with van der Waals surface area (Å²) in [4.78, 5) is 14.7. The highest BCUT2D eigenvalue weighted by Crippen LogP contribution is 2.20. The summed E-state index contributed by atoms with van der Waals surface area (Å²) in [5.41, 5.74) is 8.45. The van der Waals surface area contributed by atoms with Crippen LogP contribution in [-0.4, -0.2) is 35.9 Å². The van der Waals surface area contributed by atoms with Gasteiger partial charge in [0, 0.05) is 25.5 Å². The first kappa shape index (κ1) is 16.6. The molecular formula is C17H21N5O. The van der Waals surface area contributed by atoms with E-state index in [1.807, 2.05) is 48.2 Å². The first-order valence-electron chi connectivity index (χ1n) is 7.37. The zero-order chi connectivity index (χ0) is 16.7. The second kappa shape index (κ2) is 8.05. The Morgan fingerprint density at radius 1 is 1.30 bits per heavy atom. The molecule has 1 aromatic carbocycles. The van der Waals surface area contributed by atoms with Gasteiger partial charge in [-0.25, -0.2) is 4.98 Å². The van der Waals surface area contributed by atoms with Crippen molar-refractivity contribution in [3.63, 3.8) is 0 Å². The van der Waals surface area contributed by atoms with Gasteiger partial charge in [0.05, 0.1) is 18.5 Å². The molecule has 120 valence electrons. The molecular weight excluding hydrogens is 290 g/mol. The van der Waals surface area contributed by atoms with Gasteiger partial charge in [0.1, 0.15) is 11.7 Å². The van der Waals surface area contributed by atoms with Crippen LogP contribution in [-0.2, 0) is 6.61 Å². The summed E-state index contributed by atoms with van der Waals surface area (Å²) in [7, 11) is 1.71. The Hall–Kier alpha value is -2.73. The number of benzene rings is 1. The summed E-state index contributed by atoms with van der Waals surface area (Å²) in [6.07, 6.45) is 3.37. The summed E-state index contributed by atoms with van der Waals surface area (Å²) >= 11 is 0. The molecule has 3 N–H and O–H groups in total.